The fraction of sp³-hybridized carbons (Fsp3) is 0.857. The Morgan fingerprint density at radius 1 is 1.46 bits per heavy atom. The summed E-state index contributed by atoms with van der Waals surface area (Å²) in [7, 11) is -3.18. The first-order valence-electron chi connectivity index (χ1n) is 4.14. The number of nitrogens with two attached hydrogens (primary N) is 1. The van der Waals surface area contributed by atoms with Gasteiger partial charge in [-0.3, -0.25) is 4.79 Å². The molecular weight excluding hydrogens is 192 g/mol. The molecule has 0 aromatic heterocycles. The monoisotopic (exact) mass is 206 g/mol. The third kappa shape index (κ3) is 1.83. The van der Waals surface area contributed by atoms with Crippen LogP contribution in [0.4, 0.5) is 0 Å². The van der Waals surface area contributed by atoms with Gasteiger partial charge in [0, 0.05) is 13.1 Å². The number of carbonyl (C=O) groups is 1. The van der Waals surface area contributed by atoms with E-state index in [0.29, 0.717) is 0 Å². The van der Waals surface area contributed by atoms with Gasteiger partial charge < -0.3 is 5.73 Å². The molecule has 0 bridgehead atoms. The van der Waals surface area contributed by atoms with E-state index in [1.807, 2.05) is 0 Å². The standard InChI is InChI=1S/C7H14N2O3S/c1-5(2)13(11,12)9-3-6(4-9)7(8)10/h5-6H,3-4H2,1-2H3,(H2,8,10). The second-order valence-electron chi connectivity index (χ2n) is 3.51. The highest BCUT2D eigenvalue weighted by Crippen LogP contribution is 2.21. The molecule has 1 aliphatic heterocycles. The van der Waals surface area contributed by atoms with Crippen molar-refractivity contribution in [3.8, 4) is 0 Å². The molecule has 0 aromatic rings. The SMILES string of the molecule is CC(C)S(=O)(=O)N1CC(C(N)=O)C1. The van der Waals surface area contributed by atoms with E-state index in [4.69, 9.17) is 5.73 Å². The molecule has 0 spiro atoms. The van der Waals surface area contributed by atoms with E-state index in [1.165, 1.54) is 4.31 Å². The summed E-state index contributed by atoms with van der Waals surface area (Å²) in [6.07, 6.45) is 0. The Labute approximate surface area is 77.9 Å². The van der Waals surface area contributed by atoms with Crippen molar-refractivity contribution in [1.82, 2.24) is 4.31 Å². The van der Waals surface area contributed by atoms with E-state index in [2.05, 4.69) is 0 Å². The van der Waals surface area contributed by atoms with E-state index in [0.717, 1.165) is 0 Å². The molecule has 1 rings (SSSR count). The summed E-state index contributed by atoms with van der Waals surface area (Å²) in [5.41, 5.74) is 5.02. The first-order chi connectivity index (χ1) is 5.85. The van der Waals surface area contributed by atoms with E-state index in [1.54, 1.807) is 13.8 Å². The zero-order valence-corrected chi connectivity index (χ0v) is 8.54. The maximum Gasteiger partial charge on any atom is 0.223 e. The van der Waals surface area contributed by atoms with Crippen LogP contribution in [0.15, 0.2) is 0 Å². The number of amides is 1. The smallest absolute Gasteiger partial charge is 0.223 e. The van der Waals surface area contributed by atoms with Crippen molar-refractivity contribution < 1.29 is 13.2 Å². The molecule has 0 saturated carbocycles. The summed E-state index contributed by atoms with van der Waals surface area (Å²) in [5, 5.41) is -0.429. The van der Waals surface area contributed by atoms with Gasteiger partial charge in [-0.1, -0.05) is 0 Å². The van der Waals surface area contributed by atoms with Gasteiger partial charge in [0.2, 0.25) is 15.9 Å². The third-order valence-electron chi connectivity index (χ3n) is 2.21. The van der Waals surface area contributed by atoms with Crippen LogP contribution < -0.4 is 5.73 Å². The highest BCUT2D eigenvalue weighted by atomic mass is 32.2. The maximum absolute atomic E-state index is 11.5. The number of primary amides is 1. The fourth-order valence-corrected chi connectivity index (χ4v) is 2.50. The van der Waals surface area contributed by atoms with Gasteiger partial charge in [0.05, 0.1) is 11.2 Å². The topological polar surface area (TPSA) is 80.5 Å². The normalized spacial score (nSPS) is 20.2. The van der Waals surface area contributed by atoms with Crippen molar-refractivity contribution in [2.45, 2.75) is 19.1 Å². The Morgan fingerprint density at radius 2 is 1.92 bits per heavy atom. The van der Waals surface area contributed by atoms with Gasteiger partial charge in [-0.05, 0) is 13.8 Å². The first-order valence-corrected chi connectivity index (χ1v) is 5.64. The minimum absolute atomic E-state index is 0.246. The molecule has 76 valence electrons. The van der Waals surface area contributed by atoms with Gasteiger partial charge in [-0.2, -0.15) is 0 Å². The van der Waals surface area contributed by atoms with Crippen LogP contribution in [0.1, 0.15) is 13.8 Å². The number of rotatable bonds is 3. The molecule has 0 aromatic carbocycles. The van der Waals surface area contributed by atoms with Crippen LogP contribution in [0, 0.1) is 5.92 Å². The summed E-state index contributed by atoms with van der Waals surface area (Å²) < 4.78 is 24.2. The lowest BCUT2D eigenvalue weighted by Gasteiger charge is -2.37. The molecule has 1 amide bonds. The number of hydrogen-bond donors (Lipinski definition) is 1. The van der Waals surface area contributed by atoms with Crippen molar-refractivity contribution >= 4 is 15.9 Å². The van der Waals surface area contributed by atoms with Crippen LogP contribution in [0.5, 0.6) is 0 Å². The van der Waals surface area contributed by atoms with Crippen LogP contribution in [0.2, 0.25) is 0 Å². The van der Waals surface area contributed by atoms with Crippen LogP contribution >= 0.6 is 0 Å². The molecular formula is C7H14N2O3S. The molecule has 1 saturated heterocycles. The lowest BCUT2D eigenvalue weighted by molar-refractivity contribution is -0.124. The Kier molecular flexibility index (Phi) is 2.63. The van der Waals surface area contributed by atoms with E-state index in [-0.39, 0.29) is 19.0 Å². The van der Waals surface area contributed by atoms with Crippen molar-refractivity contribution in [2.75, 3.05) is 13.1 Å². The average Bonchev–Trinajstić information content (AvgIpc) is 1.80. The minimum atomic E-state index is -3.18. The van der Waals surface area contributed by atoms with Crippen LogP contribution in [0.3, 0.4) is 0 Å². The molecule has 1 fully saturated rings. The number of hydrogen-bond acceptors (Lipinski definition) is 3. The van der Waals surface area contributed by atoms with Crippen molar-refractivity contribution in [3.05, 3.63) is 0 Å². The van der Waals surface area contributed by atoms with Crippen LogP contribution in [-0.4, -0.2) is 37.0 Å². The molecule has 0 atom stereocenters. The van der Waals surface area contributed by atoms with Gasteiger partial charge in [0.25, 0.3) is 0 Å². The molecule has 0 unspecified atom stereocenters. The number of carbonyl (C=O) groups excluding carboxylic acids is 1. The number of nitrogens with zero attached hydrogens (tertiary/aromatic N) is 1. The average molecular weight is 206 g/mol. The van der Waals surface area contributed by atoms with Crippen molar-refractivity contribution in [2.24, 2.45) is 11.7 Å². The summed E-state index contributed by atoms with van der Waals surface area (Å²) in [6, 6.07) is 0. The molecule has 0 aliphatic carbocycles. The van der Waals surface area contributed by atoms with Gasteiger partial charge in [-0.25, -0.2) is 12.7 Å². The summed E-state index contributed by atoms with van der Waals surface area (Å²) in [5.74, 6) is -0.719. The van der Waals surface area contributed by atoms with Crippen LogP contribution in [0.25, 0.3) is 0 Å². The van der Waals surface area contributed by atoms with Gasteiger partial charge in [0.1, 0.15) is 0 Å². The number of sulfonamides is 1. The van der Waals surface area contributed by atoms with Crippen LogP contribution in [-0.2, 0) is 14.8 Å². The van der Waals surface area contributed by atoms with E-state index in [9.17, 15) is 13.2 Å². The molecule has 1 heterocycles. The highest BCUT2D eigenvalue weighted by molar-refractivity contribution is 7.89. The summed E-state index contributed by atoms with van der Waals surface area (Å²) in [4.78, 5) is 10.6. The lowest BCUT2D eigenvalue weighted by Crippen LogP contribution is -2.56. The molecule has 0 radical (unpaired) electrons. The van der Waals surface area contributed by atoms with Gasteiger partial charge >= 0.3 is 0 Å². The summed E-state index contributed by atoms with van der Waals surface area (Å²) >= 11 is 0. The second-order valence-corrected chi connectivity index (χ2v) is 6.00. The van der Waals surface area contributed by atoms with E-state index >= 15 is 0 Å². The second kappa shape index (κ2) is 3.26. The lowest BCUT2D eigenvalue weighted by atomic mass is 10.0. The largest absolute Gasteiger partial charge is 0.369 e. The van der Waals surface area contributed by atoms with Crippen molar-refractivity contribution in [1.29, 1.82) is 0 Å². The first kappa shape index (κ1) is 10.5. The zero-order chi connectivity index (χ0) is 10.2. The molecule has 13 heavy (non-hydrogen) atoms. The van der Waals surface area contributed by atoms with Crippen molar-refractivity contribution in [3.63, 3.8) is 0 Å². The fourth-order valence-electron chi connectivity index (χ4n) is 1.12. The predicted molar refractivity (Wildman–Crippen MR) is 48.3 cm³/mol. The molecule has 2 N–H and O–H groups in total. The Bertz CT molecular complexity index is 304. The Hall–Kier alpha value is -0.620. The molecule has 1 aliphatic rings. The quantitative estimate of drug-likeness (QED) is 0.652. The highest BCUT2D eigenvalue weighted by Gasteiger charge is 2.39. The zero-order valence-electron chi connectivity index (χ0n) is 7.73. The Morgan fingerprint density at radius 3 is 2.23 bits per heavy atom. The Balaban J connectivity index is 2.58. The van der Waals surface area contributed by atoms with E-state index < -0.39 is 21.2 Å². The van der Waals surface area contributed by atoms with Gasteiger partial charge in [0.15, 0.2) is 0 Å². The molecule has 6 heteroatoms. The third-order valence-corrected chi connectivity index (χ3v) is 4.42. The predicted octanol–water partition coefficient (Wildman–Crippen LogP) is -0.858. The minimum Gasteiger partial charge on any atom is -0.369 e. The maximum atomic E-state index is 11.5. The summed E-state index contributed by atoms with van der Waals surface area (Å²) in [6.45, 7) is 3.73. The van der Waals surface area contributed by atoms with Gasteiger partial charge in [-0.15, -0.1) is 0 Å². The molecule has 5 nitrogen and oxygen atoms in total.